The van der Waals surface area contributed by atoms with Gasteiger partial charge in [0.25, 0.3) is 5.56 Å². The van der Waals surface area contributed by atoms with Crippen LogP contribution in [0, 0.1) is 18.4 Å². The molecule has 0 saturated carbocycles. The zero-order chi connectivity index (χ0) is 11.0. The predicted octanol–water partition coefficient (Wildman–Crippen LogP) is -0.0853. The average Bonchev–Trinajstić information content (AvgIpc) is 2.71. The van der Waals surface area contributed by atoms with Crippen LogP contribution in [0.5, 0.6) is 0 Å². The van der Waals surface area contributed by atoms with Crippen LogP contribution in [0.2, 0.25) is 0 Å². The number of aromatic nitrogens is 4. The summed E-state index contributed by atoms with van der Waals surface area (Å²) in [6.45, 7) is 1.77. The zero-order valence-electron chi connectivity index (χ0n) is 7.68. The number of aryl methyl sites for hydroxylation is 1. The van der Waals surface area contributed by atoms with Crippen molar-refractivity contribution in [1.29, 1.82) is 5.26 Å². The van der Waals surface area contributed by atoms with E-state index in [-0.39, 0.29) is 11.4 Å². The normalized spacial score (nSPS) is 10.1. The van der Waals surface area contributed by atoms with Gasteiger partial charge in [-0.15, -0.1) is 14.9 Å². The van der Waals surface area contributed by atoms with E-state index >= 15 is 0 Å². The van der Waals surface area contributed by atoms with Gasteiger partial charge in [-0.05, 0) is 6.92 Å². The van der Waals surface area contributed by atoms with E-state index in [2.05, 4.69) is 15.3 Å². The van der Waals surface area contributed by atoms with Gasteiger partial charge in [-0.3, -0.25) is 9.89 Å². The average molecular weight is 222 g/mol. The van der Waals surface area contributed by atoms with Gasteiger partial charge in [0.1, 0.15) is 16.4 Å². The molecule has 0 radical (unpaired) electrons. The van der Waals surface area contributed by atoms with Crippen LogP contribution in [0.1, 0.15) is 5.01 Å². The minimum Gasteiger partial charge on any atom is -0.383 e. The highest BCUT2D eigenvalue weighted by Crippen LogP contribution is 2.23. The molecule has 8 heteroatoms. The Kier molecular flexibility index (Phi) is 2.02. The highest BCUT2D eigenvalue weighted by atomic mass is 32.1. The van der Waals surface area contributed by atoms with Crippen LogP contribution >= 0.6 is 11.3 Å². The third-order valence-corrected chi connectivity index (χ3v) is 2.61. The molecule has 76 valence electrons. The van der Waals surface area contributed by atoms with E-state index in [1.54, 1.807) is 13.1 Å². The number of hydrogen-bond donors (Lipinski definition) is 2. The van der Waals surface area contributed by atoms with E-state index in [4.69, 9.17) is 11.0 Å². The first kappa shape index (κ1) is 9.42. The number of aromatic amines is 1. The summed E-state index contributed by atoms with van der Waals surface area (Å²) in [7, 11) is 0. The molecule has 2 heterocycles. The first-order valence-electron chi connectivity index (χ1n) is 3.94. The number of nitrogens with one attached hydrogen (secondary N) is 1. The quantitative estimate of drug-likeness (QED) is 0.700. The minimum atomic E-state index is -0.508. The summed E-state index contributed by atoms with van der Waals surface area (Å²) in [6.07, 6.45) is 1.66. The molecule has 2 aromatic heterocycles. The van der Waals surface area contributed by atoms with E-state index in [0.717, 1.165) is 9.69 Å². The van der Waals surface area contributed by atoms with Crippen molar-refractivity contribution in [1.82, 2.24) is 20.0 Å². The Morgan fingerprint density at radius 1 is 1.60 bits per heavy atom. The van der Waals surface area contributed by atoms with E-state index in [1.807, 2.05) is 0 Å². The molecule has 0 aliphatic rings. The monoisotopic (exact) mass is 222 g/mol. The van der Waals surface area contributed by atoms with Crippen LogP contribution in [0.3, 0.4) is 0 Å². The lowest BCUT2D eigenvalue weighted by molar-refractivity contribution is 0.871. The van der Waals surface area contributed by atoms with Gasteiger partial charge >= 0.3 is 0 Å². The largest absolute Gasteiger partial charge is 0.383 e. The summed E-state index contributed by atoms with van der Waals surface area (Å²) in [6, 6.07) is 0. The minimum absolute atomic E-state index is 0.123. The molecule has 0 aromatic carbocycles. The second-order valence-corrected chi connectivity index (χ2v) is 3.95. The number of hydrogen-bond acceptors (Lipinski definition) is 6. The lowest BCUT2D eigenvalue weighted by Crippen LogP contribution is -2.13. The first-order chi connectivity index (χ1) is 7.13. The van der Waals surface area contributed by atoms with Gasteiger partial charge in [-0.1, -0.05) is 11.3 Å². The molecule has 0 spiro atoms. The van der Waals surface area contributed by atoms with E-state index < -0.39 is 5.56 Å². The highest BCUT2D eigenvalue weighted by Gasteiger charge is 2.17. The summed E-state index contributed by atoms with van der Waals surface area (Å²) < 4.78 is 0.751. The maximum absolute atomic E-state index is 11.6. The third kappa shape index (κ3) is 1.38. The maximum Gasteiger partial charge on any atom is 0.292 e. The molecular weight excluding hydrogens is 216 g/mol. The number of nitrogen functional groups attached to an aromatic ring is 1. The Balaban J connectivity index is 2.69. The van der Waals surface area contributed by atoms with Gasteiger partial charge in [0, 0.05) is 0 Å². The summed E-state index contributed by atoms with van der Waals surface area (Å²) in [4.78, 5) is 11.6. The predicted molar refractivity (Wildman–Crippen MR) is 54.1 cm³/mol. The van der Waals surface area contributed by atoms with Crippen molar-refractivity contribution >= 4 is 17.2 Å². The van der Waals surface area contributed by atoms with Gasteiger partial charge in [0.05, 0.1) is 0 Å². The number of nitriles is 1. The van der Waals surface area contributed by atoms with Crippen LogP contribution in [0.15, 0.2) is 4.79 Å². The molecule has 0 unspecified atom stereocenters. The van der Waals surface area contributed by atoms with Gasteiger partial charge in [-0.25, -0.2) is 0 Å². The molecule has 7 nitrogen and oxygen atoms in total. The molecule has 0 atom stereocenters. The first-order valence-corrected chi connectivity index (χ1v) is 4.76. The van der Waals surface area contributed by atoms with Crippen LogP contribution in [0.4, 0.5) is 5.82 Å². The van der Waals surface area contributed by atoms with Crippen molar-refractivity contribution in [2.24, 2.45) is 0 Å². The fraction of sp³-hybridized carbons (Fsp3) is 0.143. The van der Waals surface area contributed by atoms with E-state index in [1.165, 1.54) is 11.3 Å². The maximum atomic E-state index is 11.6. The summed E-state index contributed by atoms with van der Waals surface area (Å²) in [5.41, 5.74) is 5.26. The summed E-state index contributed by atoms with van der Waals surface area (Å²) >= 11 is 1.25. The number of H-pyrrole nitrogens is 1. The second-order valence-electron chi connectivity index (χ2n) is 2.77. The fourth-order valence-electron chi connectivity index (χ4n) is 1.13. The Hall–Kier alpha value is -2.14. The SMILES string of the molecule is Cc1nnc(-c2c(N)[nH]n(C#N)c2=O)s1. The van der Waals surface area contributed by atoms with Crippen LogP contribution < -0.4 is 11.3 Å². The van der Waals surface area contributed by atoms with Crippen molar-refractivity contribution in [2.45, 2.75) is 6.92 Å². The Morgan fingerprint density at radius 3 is 2.80 bits per heavy atom. The number of rotatable bonds is 1. The van der Waals surface area contributed by atoms with Crippen molar-refractivity contribution in [3.8, 4) is 16.8 Å². The highest BCUT2D eigenvalue weighted by molar-refractivity contribution is 7.14. The van der Waals surface area contributed by atoms with Crippen LogP contribution in [0.25, 0.3) is 10.6 Å². The zero-order valence-corrected chi connectivity index (χ0v) is 8.50. The van der Waals surface area contributed by atoms with Crippen molar-refractivity contribution in [3.63, 3.8) is 0 Å². The lowest BCUT2D eigenvalue weighted by Gasteiger charge is -1.87. The smallest absolute Gasteiger partial charge is 0.292 e. The molecule has 15 heavy (non-hydrogen) atoms. The molecular formula is C7H6N6OS. The molecule has 2 aromatic rings. The van der Waals surface area contributed by atoms with Gasteiger partial charge in [0.2, 0.25) is 6.19 Å². The summed E-state index contributed by atoms with van der Waals surface area (Å²) in [5, 5.41) is 19.8. The van der Waals surface area contributed by atoms with Crippen molar-refractivity contribution in [2.75, 3.05) is 5.73 Å². The topological polar surface area (TPSA) is 113 Å². The second kappa shape index (κ2) is 3.21. The van der Waals surface area contributed by atoms with Crippen LogP contribution in [-0.4, -0.2) is 20.0 Å². The number of nitrogens with zero attached hydrogens (tertiary/aromatic N) is 4. The molecule has 0 amide bonds. The van der Waals surface area contributed by atoms with Crippen molar-refractivity contribution < 1.29 is 0 Å². The Bertz CT molecular complexity index is 600. The van der Waals surface area contributed by atoms with E-state index in [9.17, 15) is 4.79 Å². The van der Waals surface area contributed by atoms with E-state index in [0.29, 0.717) is 5.01 Å². The molecule has 3 N–H and O–H groups in total. The van der Waals surface area contributed by atoms with Crippen LogP contribution in [-0.2, 0) is 0 Å². The fourth-order valence-corrected chi connectivity index (χ4v) is 1.87. The third-order valence-electron chi connectivity index (χ3n) is 1.76. The molecule has 0 aliphatic heterocycles. The molecule has 0 saturated heterocycles. The number of nitrogens with two attached hydrogens (primary N) is 1. The van der Waals surface area contributed by atoms with Crippen molar-refractivity contribution in [3.05, 3.63) is 15.4 Å². The Morgan fingerprint density at radius 2 is 2.33 bits per heavy atom. The van der Waals surface area contributed by atoms with Gasteiger partial charge in [0.15, 0.2) is 5.01 Å². The van der Waals surface area contributed by atoms with Gasteiger partial charge < -0.3 is 5.73 Å². The molecule has 0 bridgehead atoms. The number of anilines is 1. The Labute approximate surface area is 87.8 Å². The molecule has 0 fully saturated rings. The van der Waals surface area contributed by atoms with Gasteiger partial charge in [-0.2, -0.15) is 5.26 Å². The standard InChI is InChI=1S/C7H6N6OS/c1-3-10-11-6(15-3)4-5(9)12-13(2-8)7(4)14/h12H,9H2,1H3. The lowest BCUT2D eigenvalue weighted by atomic mass is 10.3. The molecule has 2 rings (SSSR count). The summed E-state index contributed by atoms with van der Waals surface area (Å²) in [5.74, 6) is 0.123. The molecule has 0 aliphatic carbocycles.